The Morgan fingerprint density at radius 3 is 2.47 bits per heavy atom. The van der Waals surface area contributed by atoms with Crippen LogP contribution >= 0.6 is 11.3 Å². The minimum absolute atomic E-state index is 0.0810. The van der Waals surface area contributed by atoms with Gasteiger partial charge in [0, 0.05) is 6.20 Å². The zero-order valence-electron chi connectivity index (χ0n) is 17.7. The summed E-state index contributed by atoms with van der Waals surface area (Å²) in [6.07, 6.45) is 1.58. The third kappa shape index (κ3) is 5.06. The molecule has 11 heteroatoms. The molecular formula is C21H22N4O6S. The number of esters is 1. The maximum atomic E-state index is 12.7. The van der Waals surface area contributed by atoms with Gasteiger partial charge in [0.25, 0.3) is 11.8 Å². The number of rotatable bonds is 9. The Morgan fingerprint density at radius 2 is 1.84 bits per heavy atom. The maximum absolute atomic E-state index is 12.7. The van der Waals surface area contributed by atoms with Crippen LogP contribution in [0.1, 0.15) is 43.0 Å². The lowest BCUT2D eigenvalue weighted by Gasteiger charge is -2.07. The van der Waals surface area contributed by atoms with E-state index in [1.807, 2.05) is 0 Å². The largest absolute Gasteiger partial charge is 0.497 e. The third-order valence-corrected chi connectivity index (χ3v) is 5.60. The van der Waals surface area contributed by atoms with E-state index in [1.54, 1.807) is 51.4 Å². The first-order chi connectivity index (χ1) is 15.3. The van der Waals surface area contributed by atoms with Crippen LogP contribution in [0.25, 0.3) is 0 Å². The van der Waals surface area contributed by atoms with E-state index in [0.29, 0.717) is 17.1 Å². The van der Waals surface area contributed by atoms with Crippen molar-refractivity contribution in [2.75, 3.05) is 19.0 Å². The number of ether oxygens (including phenoxy) is 3. The monoisotopic (exact) mass is 458 g/mol. The number of thiophene rings is 1. The fraction of sp³-hybridized carbons (Fsp3) is 0.238. The molecule has 0 aliphatic rings. The molecule has 0 bridgehead atoms. The van der Waals surface area contributed by atoms with Crippen LogP contribution < -0.4 is 20.5 Å². The van der Waals surface area contributed by atoms with Gasteiger partial charge in [-0.15, -0.1) is 11.3 Å². The van der Waals surface area contributed by atoms with Crippen molar-refractivity contribution in [2.45, 2.75) is 20.6 Å². The standard InChI is InChI=1S/C21H22N4O6S/c1-4-30-21(28)16-12(2)17(18(22)26)32-20(16)23-19(27)15-9-10-25(24-15)11-31-14-7-5-13(29-3)6-8-14/h5-10H,4,11H2,1-3H3,(H2,22,26)(H,23,27). The van der Waals surface area contributed by atoms with Crippen LogP contribution in [0.5, 0.6) is 11.5 Å². The molecule has 10 nitrogen and oxygen atoms in total. The van der Waals surface area contributed by atoms with E-state index in [-0.39, 0.29) is 34.5 Å². The second kappa shape index (κ2) is 9.96. The predicted molar refractivity (Wildman–Crippen MR) is 117 cm³/mol. The summed E-state index contributed by atoms with van der Waals surface area (Å²) in [5, 5.41) is 6.97. The van der Waals surface area contributed by atoms with E-state index in [9.17, 15) is 14.4 Å². The van der Waals surface area contributed by atoms with Crippen molar-refractivity contribution < 1.29 is 28.6 Å². The second-order valence-electron chi connectivity index (χ2n) is 6.49. The number of carbonyl (C=O) groups is 3. The number of benzene rings is 1. The molecule has 32 heavy (non-hydrogen) atoms. The number of nitrogens with one attached hydrogen (secondary N) is 1. The average Bonchev–Trinajstić information content (AvgIpc) is 3.37. The van der Waals surface area contributed by atoms with Gasteiger partial charge in [-0.2, -0.15) is 5.10 Å². The van der Waals surface area contributed by atoms with Gasteiger partial charge in [0.1, 0.15) is 16.5 Å². The number of anilines is 1. The highest BCUT2D eigenvalue weighted by atomic mass is 32.1. The molecule has 0 saturated carbocycles. The normalized spacial score (nSPS) is 10.5. The first kappa shape index (κ1) is 22.8. The van der Waals surface area contributed by atoms with Gasteiger partial charge in [-0.05, 0) is 49.7 Å². The van der Waals surface area contributed by atoms with Crippen LogP contribution in [0.3, 0.4) is 0 Å². The van der Waals surface area contributed by atoms with Gasteiger partial charge in [-0.25, -0.2) is 9.48 Å². The molecule has 0 radical (unpaired) electrons. The maximum Gasteiger partial charge on any atom is 0.341 e. The molecule has 0 aliphatic heterocycles. The van der Waals surface area contributed by atoms with Gasteiger partial charge in [0.2, 0.25) is 0 Å². The minimum atomic E-state index is -0.696. The van der Waals surface area contributed by atoms with Crippen molar-refractivity contribution in [3.63, 3.8) is 0 Å². The number of hydrogen-bond donors (Lipinski definition) is 2. The number of hydrogen-bond acceptors (Lipinski definition) is 8. The van der Waals surface area contributed by atoms with Gasteiger partial charge in [0.15, 0.2) is 12.4 Å². The van der Waals surface area contributed by atoms with Crippen molar-refractivity contribution in [1.82, 2.24) is 9.78 Å². The van der Waals surface area contributed by atoms with E-state index in [2.05, 4.69) is 10.4 Å². The Labute approximate surface area is 187 Å². The molecule has 1 aromatic carbocycles. The number of amides is 2. The summed E-state index contributed by atoms with van der Waals surface area (Å²) in [6.45, 7) is 3.46. The molecule has 0 aliphatic carbocycles. The smallest absolute Gasteiger partial charge is 0.341 e. The number of nitrogens with zero attached hydrogens (tertiary/aromatic N) is 2. The zero-order valence-corrected chi connectivity index (χ0v) is 18.5. The first-order valence-corrected chi connectivity index (χ1v) is 10.4. The minimum Gasteiger partial charge on any atom is -0.497 e. The molecule has 168 valence electrons. The lowest BCUT2D eigenvalue weighted by atomic mass is 10.1. The van der Waals surface area contributed by atoms with Crippen molar-refractivity contribution in [3.05, 3.63) is 58.2 Å². The van der Waals surface area contributed by atoms with Crippen molar-refractivity contribution in [3.8, 4) is 11.5 Å². The van der Waals surface area contributed by atoms with Crippen LogP contribution in [-0.2, 0) is 11.5 Å². The molecular weight excluding hydrogens is 436 g/mol. The molecule has 0 saturated heterocycles. The number of aromatic nitrogens is 2. The van der Waals surface area contributed by atoms with Gasteiger partial charge in [-0.3, -0.25) is 9.59 Å². The summed E-state index contributed by atoms with van der Waals surface area (Å²) >= 11 is 0.912. The molecule has 0 atom stereocenters. The highest BCUT2D eigenvalue weighted by Gasteiger charge is 2.26. The molecule has 0 spiro atoms. The Morgan fingerprint density at radius 1 is 1.16 bits per heavy atom. The molecule has 3 N–H and O–H groups in total. The van der Waals surface area contributed by atoms with Gasteiger partial charge >= 0.3 is 5.97 Å². The summed E-state index contributed by atoms with van der Waals surface area (Å²) in [5.74, 6) is -0.586. The van der Waals surface area contributed by atoms with Crippen LogP contribution in [0, 0.1) is 6.92 Å². The van der Waals surface area contributed by atoms with Gasteiger partial charge in [-0.1, -0.05) is 0 Å². The van der Waals surface area contributed by atoms with Gasteiger partial charge in [0.05, 0.1) is 24.2 Å². The number of primary amides is 1. The van der Waals surface area contributed by atoms with E-state index in [4.69, 9.17) is 19.9 Å². The molecule has 2 amide bonds. The van der Waals surface area contributed by atoms with Gasteiger partial charge < -0.3 is 25.3 Å². The van der Waals surface area contributed by atoms with Crippen LogP contribution in [0.15, 0.2) is 36.5 Å². The number of carbonyl (C=O) groups excluding carboxylic acids is 3. The van der Waals surface area contributed by atoms with Crippen molar-refractivity contribution in [1.29, 1.82) is 0 Å². The van der Waals surface area contributed by atoms with Crippen molar-refractivity contribution in [2.24, 2.45) is 5.73 Å². The van der Waals surface area contributed by atoms with Crippen molar-refractivity contribution >= 4 is 34.1 Å². The van der Waals surface area contributed by atoms with E-state index in [1.165, 1.54) is 10.7 Å². The molecule has 2 heterocycles. The average molecular weight is 458 g/mol. The lowest BCUT2D eigenvalue weighted by molar-refractivity contribution is 0.0527. The number of methoxy groups -OCH3 is 1. The number of nitrogens with two attached hydrogens (primary N) is 1. The molecule has 3 rings (SSSR count). The Kier molecular flexibility index (Phi) is 7.11. The fourth-order valence-corrected chi connectivity index (χ4v) is 3.86. The summed E-state index contributed by atoms with van der Waals surface area (Å²) in [4.78, 5) is 36.9. The van der Waals surface area contributed by atoms with E-state index in [0.717, 1.165) is 11.3 Å². The Bertz CT molecular complexity index is 1140. The van der Waals surface area contributed by atoms with Crippen LogP contribution in [0.4, 0.5) is 5.00 Å². The van der Waals surface area contributed by atoms with E-state index >= 15 is 0 Å². The molecule has 3 aromatic rings. The molecule has 0 fully saturated rings. The Hall–Kier alpha value is -3.86. The zero-order chi connectivity index (χ0) is 23.3. The summed E-state index contributed by atoms with van der Waals surface area (Å²) < 4.78 is 17.2. The predicted octanol–water partition coefficient (Wildman–Crippen LogP) is 2.83. The SMILES string of the molecule is CCOC(=O)c1c(NC(=O)c2ccn(COc3ccc(OC)cc3)n2)sc(C(N)=O)c1C. The Balaban J connectivity index is 1.72. The fourth-order valence-electron chi connectivity index (χ4n) is 2.82. The topological polar surface area (TPSA) is 135 Å². The summed E-state index contributed by atoms with van der Waals surface area (Å²) in [7, 11) is 1.58. The third-order valence-electron chi connectivity index (χ3n) is 4.37. The second-order valence-corrected chi connectivity index (χ2v) is 7.51. The lowest BCUT2D eigenvalue weighted by Crippen LogP contribution is -2.16. The van der Waals surface area contributed by atoms with E-state index < -0.39 is 17.8 Å². The molecule has 2 aromatic heterocycles. The highest BCUT2D eigenvalue weighted by molar-refractivity contribution is 7.18. The summed E-state index contributed by atoms with van der Waals surface area (Å²) in [5.41, 5.74) is 5.94. The van der Waals surface area contributed by atoms with Crippen LogP contribution in [-0.4, -0.2) is 41.3 Å². The first-order valence-electron chi connectivity index (χ1n) is 9.56. The highest BCUT2D eigenvalue weighted by Crippen LogP contribution is 2.33. The van der Waals surface area contributed by atoms with Crippen LogP contribution in [0.2, 0.25) is 0 Å². The molecule has 0 unspecified atom stereocenters. The summed E-state index contributed by atoms with van der Waals surface area (Å²) in [6, 6.07) is 8.54. The quantitative estimate of drug-likeness (QED) is 0.471.